The summed E-state index contributed by atoms with van der Waals surface area (Å²) in [6, 6.07) is 10.9. The zero-order chi connectivity index (χ0) is 11.3. The third kappa shape index (κ3) is 2.45. The molecule has 1 aromatic carbocycles. The van der Waals surface area contributed by atoms with E-state index in [2.05, 4.69) is 42.6 Å². The molecule has 0 aromatic heterocycles. The molecule has 0 unspecified atom stereocenters. The molecule has 16 heavy (non-hydrogen) atoms. The number of hydrogen-bond donors (Lipinski definition) is 1. The molecule has 0 radical (unpaired) electrons. The van der Waals surface area contributed by atoms with Gasteiger partial charge in [-0.3, -0.25) is 0 Å². The number of rotatable bonds is 4. The third-order valence-electron chi connectivity index (χ3n) is 3.55. The Morgan fingerprint density at radius 2 is 1.94 bits per heavy atom. The van der Waals surface area contributed by atoms with Gasteiger partial charge in [0.25, 0.3) is 0 Å². The third-order valence-corrected chi connectivity index (χ3v) is 3.55. The Kier molecular flexibility index (Phi) is 3.97. The highest BCUT2D eigenvalue weighted by atomic mass is 16.5. The zero-order valence-electron chi connectivity index (χ0n) is 10.0. The van der Waals surface area contributed by atoms with Crippen LogP contribution in [0, 0.1) is 0 Å². The first-order chi connectivity index (χ1) is 7.87. The largest absolute Gasteiger partial charge is 0.381 e. The molecule has 1 N–H and O–H groups in total. The molecular weight excluding hydrogens is 198 g/mol. The van der Waals surface area contributed by atoms with E-state index in [-0.39, 0.29) is 6.84 Å². The first kappa shape index (κ1) is 11.6. The van der Waals surface area contributed by atoms with E-state index in [1.165, 1.54) is 5.56 Å². The van der Waals surface area contributed by atoms with Crippen molar-refractivity contribution in [3.05, 3.63) is 35.9 Å². The minimum atomic E-state index is 0. The van der Waals surface area contributed by atoms with Crippen molar-refractivity contribution in [2.45, 2.75) is 25.2 Å². The van der Waals surface area contributed by atoms with Gasteiger partial charge in [0, 0.05) is 26.6 Å². The smallest absolute Gasteiger partial charge is 0.0475 e. The lowest BCUT2D eigenvalue weighted by molar-refractivity contribution is 0.0501. The predicted molar refractivity (Wildman–Crippen MR) is 68.8 cm³/mol. The van der Waals surface area contributed by atoms with Gasteiger partial charge in [0.1, 0.15) is 0 Å². The highest BCUT2D eigenvalue weighted by molar-refractivity contribution is 5.26. The van der Waals surface area contributed by atoms with Crippen molar-refractivity contribution in [3.8, 4) is 0 Å². The van der Waals surface area contributed by atoms with Crippen LogP contribution in [0.25, 0.3) is 0 Å². The number of nitrogens with one attached hydrogen (secondary N) is 1. The Morgan fingerprint density at radius 3 is 2.56 bits per heavy atom. The minimum absolute atomic E-state index is 0. The fourth-order valence-electron chi connectivity index (χ4n) is 2.49. The average Bonchev–Trinajstić information content (AvgIpc) is 2.38. The van der Waals surface area contributed by atoms with Crippen LogP contribution in [0.5, 0.6) is 0 Å². The van der Waals surface area contributed by atoms with Crippen LogP contribution in [0.4, 0.5) is 0 Å². The highest BCUT2D eigenvalue weighted by Crippen LogP contribution is 2.33. The van der Waals surface area contributed by atoms with E-state index in [0.717, 1.165) is 39.1 Å². The molecule has 0 saturated carbocycles. The van der Waals surface area contributed by atoms with E-state index in [9.17, 15) is 0 Å². The number of likely N-dealkylation sites (N-methyl/N-ethyl adjacent to an activating group) is 1. The van der Waals surface area contributed by atoms with Crippen LogP contribution >= 0.6 is 0 Å². The molecule has 0 aliphatic carbocycles. The summed E-state index contributed by atoms with van der Waals surface area (Å²) in [6.45, 7) is 6.05. The molecule has 2 rings (SSSR count). The lowest BCUT2D eigenvalue weighted by atomic mass is 9.74. The molecule has 1 heterocycles. The van der Waals surface area contributed by atoms with Crippen molar-refractivity contribution in [2.75, 3.05) is 26.3 Å². The average molecular weight is 221 g/mol. The van der Waals surface area contributed by atoms with Crippen LogP contribution in [0.3, 0.4) is 0 Å². The molecule has 0 atom stereocenters. The SMILES string of the molecule is CCNCC1(c2ccccc2)CCOCC1.[HH]. The topological polar surface area (TPSA) is 21.3 Å². The summed E-state index contributed by atoms with van der Waals surface area (Å²) in [7, 11) is 0. The van der Waals surface area contributed by atoms with Gasteiger partial charge < -0.3 is 10.1 Å². The summed E-state index contributed by atoms with van der Waals surface area (Å²) >= 11 is 0. The molecule has 0 amide bonds. The first-order valence-electron chi connectivity index (χ1n) is 6.21. The Balaban J connectivity index is 0.00000144. The predicted octanol–water partition coefficient (Wildman–Crippen LogP) is 2.59. The Bertz CT molecular complexity index is 309. The molecule has 0 bridgehead atoms. The van der Waals surface area contributed by atoms with Gasteiger partial charge in [-0.1, -0.05) is 37.3 Å². The van der Waals surface area contributed by atoms with Gasteiger partial charge in [0.15, 0.2) is 0 Å². The van der Waals surface area contributed by atoms with Gasteiger partial charge in [-0.2, -0.15) is 0 Å². The van der Waals surface area contributed by atoms with Gasteiger partial charge in [-0.05, 0) is 24.9 Å². The summed E-state index contributed by atoms with van der Waals surface area (Å²) in [6.07, 6.45) is 2.26. The van der Waals surface area contributed by atoms with Crippen LogP contribution < -0.4 is 5.32 Å². The van der Waals surface area contributed by atoms with Crippen LogP contribution in [0.2, 0.25) is 0 Å². The Hall–Kier alpha value is -0.860. The summed E-state index contributed by atoms with van der Waals surface area (Å²) in [5.74, 6) is 0. The maximum absolute atomic E-state index is 5.50. The van der Waals surface area contributed by atoms with Gasteiger partial charge in [-0.25, -0.2) is 0 Å². The molecular formula is C14H23NO. The Morgan fingerprint density at radius 1 is 1.25 bits per heavy atom. The number of benzene rings is 1. The van der Waals surface area contributed by atoms with Crippen LogP contribution in [-0.2, 0) is 10.2 Å². The molecule has 1 aliphatic heterocycles. The molecule has 1 saturated heterocycles. The summed E-state index contributed by atoms with van der Waals surface area (Å²) < 4.78 is 5.50. The van der Waals surface area contributed by atoms with Crippen molar-refractivity contribution >= 4 is 0 Å². The van der Waals surface area contributed by atoms with Crippen molar-refractivity contribution in [2.24, 2.45) is 0 Å². The monoisotopic (exact) mass is 221 g/mol. The van der Waals surface area contributed by atoms with Gasteiger partial charge in [0.05, 0.1) is 0 Å². The number of hydrogen-bond acceptors (Lipinski definition) is 2. The van der Waals surface area contributed by atoms with E-state index in [4.69, 9.17) is 4.74 Å². The Labute approximate surface area is 99.5 Å². The van der Waals surface area contributed by atoms with Gasteiger partial charge >= 0.3 is 0 Å². The molecule has 90 valence electrons. The lowest BCUT2D eigenvalue weighted by Crippen LogP contribution is -2.42. The molecule has 1 fully saturated rings. The summed E-state index contributed by atoms with van der Waals surface area (Å²) in [5.41, 5.74) is 1.74. The fourth-order valence-corrected chi connectivity index (χ4v) is 2.49. The second-order valence-corrected chi connectivity index (χ2v) is 4.54. The fraction of sp³-hybridized carbons (Fsp3) is 0.571. The number of ether oxygens (including phenoxy) is 1. The van der Waals surface area contributed by atoms with E-state index in [1.807, 2.05) is 0 Å². The molecule has 1 aromatic rings. The lowest BCUT2D eigenvalue weighted by Gasteiger charge is -2.38. The highest BCUT2D eigenvalue weighted by Gasteiger charge is 2.33. The molecule has 0 spiro atoms. The van der Waals surface area contributed by atoms with E-state index in [0.29, 0.717) is 0 Å². The molecule has 1 aliphatic rings. The minimum Gasteiger partial charge on any atom is -0.381 e. The van der Waals surface area contributed by atoms with Crippen molar-refractivity contribution in [3.63, 3.8) is 0 Å². The second-order valence-electron chi connectivity index (χ2n) is 4.54. The molecule has 2 heteroatoms. The van der Waals surface area contributed by atoms with Gasteiger partial charge in [0.2, 0.25) is 0 Å². The van der Waals surface area contributed by atoms with Crippen LogP contribution in [-0.4, -0.2) is 26.3 Å². The van der Waals surface area contributed by atoms with Crippen molar-refractivity contribution in [1.29, 1.82) is 0 Å². The quantitative estimate of drug-likeness (QED) is 0.844. The maximum atomic E-state index is 5.50. The normalized spacial score (nSPS) is 19.6. The van der Waals surface area contributed by atoms with Crippen LogP contribution in [0.1, 0.15) is 26.8 Å². The van der Waals surface area contributed by atoms with Crippen molar-refractivity contribution < 1.29 is 6.16 Å². The van der Waals surface area contributed by atoms with Crippen molar-refractivity contribution in [1.82, 2.24) is 5.32 Å². The zero-order valence-corrected chi connectivity index (χ0v) is 10.0. The summed E-state index contributed by atoms with van der Waals surface area (Å²) in [4.78, 5) is 0. The van der Waals surface area contributed by atoms with E-state index in [1.54, 1.807) is 0 Å². The second kappa shape index (κ2) is 5.46. The van der Waals surface area contributed by atoms with Crippen LogP contribution in [0.15, 0.2) is 30.3 Å². The van der Waals surface area contributed by atoms with E-state index >= 15 is 0 Å². The maximum Gasteiger partial charge on any atom is 0.0475 e. The standard InChI is InChI=1S/C14H21NO.H2/c1-2-15-12-14(8-10-16-11-9-14)13-6-4-3-5-7-13;/h3-7,15H,2,8-12H2,1H3;1H. The summed E-state index contributed by atoms with van der Waals surface area (Å²) in [5, 5.41) is 3.50. The van der Waals surface area contributed by atoms with Gasteiger partial charge in [-0.15, -0.1) is 0 Å². The van der Waals surface area contributed by atoms with E-state index < -0.39 is 0 Å². The first-order valence-corrected chi connectivity index (χ1v) is 6.21. The molecule has 2 nitrogen and oxygen atoms in total.